The van der Waals surface area contributed by atoms with Gasteiger partial charge in [0, 0.05) is 19.7 Å². The zero-order valence-corrected chi connectivity index (χ0v) is 7.88. The number of rotatable bonds is 3. The summed E-state index contributed by atoms with van der Waals surface area (Å²) < 4.78 is 5.07. The molecule has 0 aliphatic carbocycles. The van der Waals surface area contributed by atoms with Gasteiger partial charge in [-0.1, -0.05) is 11.6 Å². The maximum Gasteiger partial charge on any atom is 0.132 e. The Morgan fingerprint density at radius 1 is 1.67 bits per heavy atom. The molecule has 0 saturated carbocycles. The van der Waals surface area contributed by atoms with E-state index in [1.54, 1.807) is 19.4 Å². The van der Waals surface area contributed by atoms with E-state index >= 15 is 0 Å². The Morgan fingerprint density at radius 3 is 3.00 bits per heavy atom. The van der Waals surface area contributed by atoms with Gasteiger partial charge in [0.1, 0.15) is 11.0 Å². The van der Waals surface area contributed by atoms with Gasteiger partial charge in [0.25, 0.3) is 0 Å². The molecule has 66 valence electrons. The molecular formula is C8H11ClN2O. The molecule has 0 N–H and O–H groups in total. The number of methoxy groups -OCH3 is 1. The zero-order chi connectivity index (χ0) is 8.97. The van der Waals surface area contributed by atoms with Gasteiger partial charge in [-0.15, -0.1) is 0 Å². The first-order valence-corrected chi connectivity index (χ1v) is 4.10. The molecule has 0 saturated heterocycles. The van der Waals surface area contributed by atoms with Crippen LogP contribution in [0, 0.1) is 0 Å². The predicted molar refractivity (Wildman–Crippen MR) is 47.2 cm³/mol. The molecule has 1 unspecified atom stereocenters. The zero-order valence-electron chi connectivity index (χ0n) is 7.12. The SMILES string of the molecule is COC(C)Cc1nccc(Cl)n1. The molecule has 1 heterocycles. The highest BCUT2D eigenvalue weighted by molar-refractivity contribution is 6.29. The lowest BCUT2D eigenvalue weighted by Crippen LogP contribution is -2.11. The Kier molecular flexibility index (Phi) is 3.44. The molecule has 0 bridgehead atoms. The summed E-state index contributed by atoms with van der Waals surface area (Å²) in [6.07, 6.45) is 2.47. The molecule has 1 rings (SSSR count). The second-order valence-corrected chi connectivity index (χ2v) is 2.93. The molecule has 0 aromatic carbocycles. The average Bonchev–Trinajstić information content (AvgIpc) is 2.04. The van der Waals surface area contributed by atoms with Gasteiger partial charge in [0.15, 0.2) is 0 Å². The molecule has 1 aromatic rings. The van der Waals surface area contributed by atoms with Crippen molar-refractivity contribution in [2.24, 2.45) is 0 Å². The van der Waals surface area contributed by atoms with Gasteiger partial charge in [0.05, 0.1) is 6.10 Å². The molecule has 1 atom stereocenters. The number of hydrogen-bond acceptors (Lipinski definition) is 3. The van der Waals surface area contributed by atoms with E-state index in [4.69, 9.17) is 16.3 Å². The maximum absolute atomic E-state index is 5.68. The summed E-state index contributed by atoms with van der Waals surface area (Å²) in [6, 6.07) is 1.66. The third kappa shape index (κ3) is 2.75. The van der Waals surface area contributed by atoms with Crippen molar-refractivity contribution >= 4 is 11.6 Å². The van der Waals surface area contributed by atoms with Crippen LogP contribution in [0.1, 0.15) is 12.7 Å². The Labute approximate surface area is 76.7 Å². The molecule has 4 heteroatoms. The van der Waals surface area contributed by atoms with Gasteiger partial charge in [-0.25, -0.2) is 9.97 Å². The summed E-state index contributed by atoms with van der Waals surface area (Å²) in [5.74, 6) is 0.719. The molecule has 3 nitrogen and oxygen atoms in total. The van der Waals surface area contributed by atoms with E-state index in [0.717, 1.165) is 5.82 Å². The normalized spacial score (nSPS) is 12.9. The smallest absolute Gasteiger partial charge is 0.132 e. The van der Waals surface area contributed by atoms with E-state index in [1.165, 1.54) is 0 Å². The predicted octanol–water partition coefficient (Wildman–Crippen LogP) is 1.71. The quantitative estimate of drug-likeness (QED) is 0.675. The molecule has 0 aliphatic heterocycles. The Hall–Kier alpha value is -0.670. The summed E-state index contributed by atoms with van der Waals surface area (Å²) in [4.78, 5) is 8.09. The first kappa shape index (κ1) is 9.42. The fraction of sp³-hybridized carbons (Fsp3) is 0.500. The van der Waals surface area contributed by atoms with Crippen LogP contribution in [0.15, 0.2) is 12.3 Å². The van der Waals surface area contributed by atoms with E-state index in [9.17, 15) is 0 Å². The highest BCUT2D eigenvalue weighted by Crippen LogP contribution is 2.04. The van der Waals surface area contributed by atoms with Crippen molar-refractivity contribution in [3.63, 3.8) is 0 Å². The van der Waals surface area contributed by atoms with Crippen LogP contribution in [0.25, 0.3) is 0 Å². The molecule has 0 aliphatic rings. The number of halogens is 1. The first-order valence-electron chi connectivity index (χ1n) is 3.72. The van der Waals surface area contributed by atoms with Crippen molar-refractivity contribution in [2.75, 3.05) is 7.11 Å². The highest BCUT2D eigenvalue weighted by atomic mass is 35.5. The summed E-state index contributed by atoms with van der Waals surface area (Å²) in [7, 11) is 1.66. The van der Waals surface area contributed by atoms with E-state index < -0.39 is 0 Å². The topological polar surface area (TPSA) is 35.0 Å². The monoisotopic (exact) mass is 186 g/mol. The van der Waals surface area contributed by atoms with Crippen LogP contribution < -0.4 is 0 Å². The van der Waals surface area contributed by atoms with Crippen molar-refractivity contribution in [1.82, 2.24) is 9.97 Å². The van der Waals surface area contributed by atoms with Crippen LogP contribution in [-0.4, -0.2) is 23.2 Å². The minimum absolute atomic E-state index is 0.128. The second-order valence-electron chi connectivity index (χ2n) is 2.55. The Bertz CT molecular complexity index is 255. The fourth-order valence-electron chi connectivity index (χ4n) is 0.813. The summed E-state index contributed by atoms with van der Waals surface area (Å²) in [5.41, 5.74) is 0. The number of hydrogen-bond donors (Lipinski definition) is 0. The third-order valence-corrected chi connectivity index (χ3v) is 1.75. The van der Waals surface area contributed by atoms with Crippen LogP contribution in [0.2, 0.25) is 5.15 Å². The molecule has 0 spiro atoms. The van der Waals surface area contributed by atoms with Crippen molar-refractivity contribution in [1.29, 1.82) is 0 Å². The summed E-state index contributed by atoms with van der Waals surface area (Å²) in [5, 5.41) is 0.475. The van der Waals surface area contributed by atoms with Crippen LogP contribution in [-0.2, 0) is 11.2 Å². The van der Waals surface area contributed by atoms with Crippen LogP contribution in [0.3, 0.4) is 0 Å². The van der Waals surface area contributed by atoms with Gasteiger partial charge in [-0.05, 0) is 13.0 Å². The Balaban J connectivity index is 2.63. The fourth-order valence-corrected chi connectivity index (χ4v) is 0.967. The average molecular weight is 187 g/mol. The molecular weight excluding hydrogens is 176 g/mol. The lowest BCUT2D eigenvalue weighted by molar-refractivity contribution is 0.117. The van der Waals surface area contributed by atoms with Crippen LogP contribution in [0.5, 0.6) is 0 Å². The minimum atomic E-state index is 0.128. The molecule has 12 heavy (non-hydrogen) atoms. The molecule has 0 amide bonds. The largest absolute Gasteiger partial charge is 0.381 e. The Morgan fingerprint density at radius 2 is 2.42 bits per heavy atom. The van der Waals surface area contributed by atoms with Gasteiger partial charge in [-0.2, -0.15) is 0 Å². The van der Waals surface area contributed by atoms with Gasteiger partial charge < -0.3 is 4.74 Å². The van der Waals surface area contributed by atoms with Crippen molar-refractivity contribution in [2.45, 2.75) is 19.4 Å². The number of ether oxygens (including phenoxy) is 1. The number of aromatic nitrogens is 2. The van der Waals surface area contributed by atoms with E-state index in [2.05, 4.69) is 9.97 Å². The standard InChI is InChI=1S/C8H11ClN2O/c1-6(12-2)5-8-10-4-3-7(9)11-8/h3-4,6H,5H2,1-2H3. The molecule has 0 radical (unpaired) electrons. The minimum Gasteiger partial charge on any atom is -0.381 e. The van der Waals surface area contributed by atoms with E-state index in [-0.39, 0.29) is 6.10 Å². The summed E-state index contributed by atoms with van der Waals surface area (Å²) in [6.45, 7) is 1.96. The molecule has 1 aromatic heterocycles. The third-order valence-electron chi connectivity index (χ3n) is 1.54. The van der Waals surface area contributed by atoms with E-state index in [0.29, 0.717) is 11.6 Å². The van der Waals surface area contributed by atoms with Crippen molar-refractivity contribution in [3.8, 4) is 0 Å². The van der Waals surface area contributed by atoms with Crippen LogP contribution in [0.4, 0.5) is 0 Å². The van der Waals surface area contributed by atoms with Crippen molar-refractivity contribution in [3.05, 3.63) is 23.2 Å². The summed E-state index contributed by atoms with van der Waals surface area (Å²) >= 11 is 5.68. The number of nitrogens with zero attached hydrogens (tertiary/aromatic N) is 2. The lowest BCUT2D eigenvalue weighted by Gasteiger charge is -2.06. The van der Waals surface area contributed by atoms with E-state index in [1.807, 2.05) is 6.92 Å². The van der Waals surface area contributed by atoms with Gasteiger partial charge in [-0.3, -0.25) is 0 Å². The van der Waals surface area contributed by atoms with Gasteiger partial charge >= 0.3 is 0 Å². The van der Waals surface area contributed by atoms with Crippen LogP contribution >= 0.6 is 11.6 Å². The molecule has 0 fully saturated rings. The second kappa shape index (κ2) is 4.38. The van der Waals surface area contributed by atoms with Gasteiger partial charge in [0.2, 0.25) is 0 Å². The van der Waals surface area contributed by atoms with Crippen molar-refractivity contribution < 1.29 is 4.74 Å². The highest BCUT2D eigenvalue weighted by Gasteiger charge is 2.03. The first-order chi connectivity index (χ1) is 5.72. The lowest BCUT2D eigenvalue weighted by atomic mass is 10.3. The maximum atomic E-state index is 5.68.